The van der Waals surface area contributed by atoms with Crippen molar-refractivity contribution in [3.05, 3.63) is 48.3 Å². The quantitative estimate of drug-likeness (QED) is 0.243. The number of nitrogens with zero attached hydrogens (tertiary/aromatic N) is 3. The maximum atomic E-state index is 11.9. The molecule has 1 heterocycles. The molecule has 4 N–H and O–H groups in total. The van der Waals surface area contributed by atoms with E-state index in [0.717, 1.165) is 5.69 Å². The first-order valence-electron chi connectivity index (χ1n) is 6.55. The highest BCUT2D eigenvalue weighted by Gasteiger charge is 2.08. The molecule has 0 bridgehead atoms. The lowest BCUT2D eigenvalue weighted by Gasteiger charge is -2.03. The lowest BCUT2D eigenvalue weighted by molar-refractivity contribution is 0.0953. The van der Waals surface area contributed by atoms with E-state index in [4.69, 9.17) is 10.9 Å². The molecule has 2 aromatic rings. The molecule has 2 rings (SSSR count). The number of nitrogens with one attached hydrogen (secondary N) is 1. The standard InChI is InChI=1S/C14H17N5O2/c15-13(18-21)7-4-8-16-14(20)11-9-17-19(10-11)12-5-2-1-3-6-12/h1-3,5-6,9-10,21H,4,7-8H2,(H2,15,18)(H,16,20). The number of rotatable bonds is 6. The largest absolute Gasteiger partial charge is 0.409 e. The fourth-order valence-corrected chi connectivity index (χ4v) is 1.79. The summed E-state index contributed by atoms with van der Waals surface area (Å²) in [7, 11) is 0. The Labute approximate surface area is 122 Å². The third-order valence-corrected chi connectivity index (χ3v) is 2.89. The van der Waals surface area contributed by atoms with Crippen LogP contribution in [-0.4, -0.2) is 33.3 Å². The van der Waals surface area contributed by atoms with Gasteiger partial charge in [-0.2, -0.15) is 5.10 Å². The van der Waals surface area contributed by atoms with E-state index in [2.05, 4.69) is 15.6 Å². The van der Waals surface area contributed by atoms with Crippen LogP contribution in [0.1, 0.15) is 23.2 Å². The molecule has 21 heavy (non-hydrogen) atoms. The van der Waals surface area contributed by atoms with Crippen LogP contribution in [0.2, 0.25) is 0 Å². The van der Waals surface area contributed by atoms with Crippen LogP contribution in [0.3, 0.4) is 0 Å². The van der Waals surface area contributed by atoms with Crippen LogP contribution in [0.5, 0.6) is 0 Å². The summed E-state index contributed by atoms with van der Waals surface area (Å²) in [5, 5.41) is 18.2. The topological polar surface area (TPSA) is 106 Å². The zero-order valence-corrected chi connectivity index (χ0v) is 11.4. The number of aromatic nitrogens is 2. The lowest BCUT2D eigenvalue weighted by Crippen LogP contribution is -2.25. The van der Waals surface area contributed by atoms with E-state index in [1.807, 2.05) is 30.3 Å². The molecule has 0 unspecified atom stereocenters. The van der Waals surface area contributed by atoms with Crippen molar-refractivity contribution in [1.82, 2.24) is 15.1 Å². The van der Waals surface area contributed by atoms with Crippen LogP contribution in [0.15, 0.2) is 47.9 Å². The van der Waals surface area contributed by atoms with Gasteiger partial charge in [-0.05, 0) is 18.6 Å². The van der Waals surface area contributed by atoms with E-state index in [1.165, 1.54) is 6.20 Å². The first-order valence-corrected chi connectivity index (χ1v) is 6.55. The summed E-state index contributed by atoms with van der Waals surface area (Å²) >= 11 is 0. The molecule has 0 fully saturated rings. The van der Waals surface area contributed by atoms with Gasteiger partial charge in [-0.15, -0.1) is 0 Å². The second-order valence-corrected chi connectivity index (χ2v) is 4.46. The summed E-state index contributed by atoms with van der Waals surface area (Å²) in [6.45, 7) is 0.450. The Morgan fingerprint density at radius 3 is 2.86 bits per heavy atom. The third-order valence-electron chi connectivity index (χ3n) is 2.89. The van der Waals surface area contributed by atoms with Gasteiger partial charge in [0.15, 0.2) is 0 Å². The van der Waals surface area contributed by atoms with Crippen molar-refractivity contribution in [2.45, 2.75) is 12.8 Å². The Kier molecular flexibility index (Phi) is 4.92. The number of benzene rings is 1. The van der Waals surface area contributed by atoms with Crippen LogP contribution < -0.4 is 11.1 Å². The van der Waals surface area contributed by atoms with Gasteiger partial charge in [0, 0.05) is 19.2 Å². The Hall–Kier alpha value is -2.83. The summed E-state index contributed by atoms with van der Waals surface area (Å²) in [4.78, 5) is 11.9. The molecule has 0 aliphatic carbocycles. The van der Waals surface area contributed by atoms with Crippen molar-refractivity contribution in [1.29, 1.82) is 0 Å². The molecule has 0 aliphatic heterocycles. The van der Waals surface area contributed by atoms with E-state index in [0.29, 0.717) is 24.9 Å². The fraction of sp³-hybridized carbons (Fsp3) is 0.214. The second-order valence-electron chi connectivity index (χ2n) is 4.46. The zero-order chi connectivity index (χ0) is 15.1. The molecule has 0 aliphatic rings. The summed E-state index contributed by atoms with van der Waals surface area (Å²) in [6, 6.07) is 9.55. The average molecular weight is 287 g/mol. The van der Waals surface area contributed by atoms with Gasteiger partial charge in [-0.1, -0.05) is 23.4 Å². The third kappa shape index (κ3) is 4.07. The van der Waals surface area contributed by atoms with Crippen molar-refractivity contribution in [3.8, 4) is 5.69 Å². The van der Waals surface area contributed by atoms with Crippen molar-refractivity contribution in [2.75, 3.05) is 6.54 Å². The van der Waals surface area contributed by atoms with E-state index in [9.17, 15) is 4.79 Å². The van der Waals surface area contributed by atoms with Crippen LogP contribution in [-0.2, 0) is 0 Å². The van der Waals surface area contributed by atoms with Gasteiger partial charge < -0.3 is 16.3 Å². The molecule has 0 spiro atoms. The SMILES string of the molecule is NC(CCCNC(=O)c1cnn(-c2ccccc2)c1)=NO. The van der Waals surface area contributed by atoms with Crippen molar-refractivity contribution in [3.63, 3.8) is 0 Å². The molecular formula is C14H17N5O2. The van der Waals surface area contributed by atoms with Crippen molar-refractivity contribution < 1.29 is 10.0 Å². The van der Waals surface area contributed by atoms with Crippen LogP contribution in [0.25, 0.3) is 5.69 Å². The highest BCUT2D eigenvalue weighted by atomic mass is 16.4. The predicted molar refractivity (Wildman–Crippen MR) is 78.5 cm³/mol. The highest BCUT2D eigenvalue weighted by Crippen LogP contribution is 2.07. The number of hydrogen-bond donors (Lipinski definition) is 3. The van der Waals surface area contributed by atoms with Crippen LogP contribution >= 0.6 is 0 Å². The van der Waals surface area contributed by atoms with Gasteiger partial charge in [-0.25, -0.2) is 4.68 Å². The fourth-order valence-electron chi connectivity index (χ4n) is 1.79. The maximum Gasteiger partial charge on any atom is 0.254 e. The van der Waals surface area contributed by atoms with Gasteiger partial charge in [0.25, 0.3) is 5.91 Å². The molecular weight excluding hydrogens is 270 g/mol. The molecule has 0 atom stereocenters. The molecule has 1 aromatic carbocycles. The average Bonchev–Trinajstić information content (AvgIpc) is 3.02. The molecule has 7 nitrogen and oxygen atoms in total. The molecule has 7 heteroatoms. The number of nitrogens with two attached hydrogens (primary N) is 1. The van der Waals surface area contributed by atoms with E-state index < -0.39 is 0 Å². The lowest BCUT2D eigenvalue weighted by atomic mass is 10.2. The minimum absolute atomic E-state index is 0.154. The predicted octanol–water partition coefficient (Wildman–Crippen LogP) is 1.13. The van der Waals surface area contributed by atoms with Gasteiger partial charge in [0.1, 0.15) is 5.84 Å². The summed E-state index contributed by atoms with van der Waals surface area (Å²) in [6.07, 6.45) is 4.23. The number of hydrogen-bond acceptors (Lipinski definition) is 4. The number of amidine groups is 1. The molecule has 0 saturated carbocycles. The first kappa shape index (κ1) is 14.6. The first-order chi connectivity index (χ1) is 10.2. The van der Waals surface area contributed by atoms with Crippen molar-refractivity contribution >= 4 is 11.7 Å². The Morgan fingerprint density at radius 2 is 2.14 bits per heavy atom. The number of oxime groups is 1. The molecule has 1 aromatic heterocycles. The zero-order valence-electron chi connectivity index (χ0n) is 11.4. The summed E-state index contributed by atoms with van der Waals surface area (Å²) in [5.74, 6) is -0.0437. The van der Waals surface area contributed by atoms with Gasteiger partial charge in [-0.3, -0.25) is 4.79 Å². The Balaban J connectivity index is 1.88. The van der Waals surface area contributed by atoms with Crippen LogP contribution in [0.4, 0.5) is 0 Å². The van der Waals surface area contributed by atoms with E-state index in [-0.39, 0.29) is 11.7 Å². The smallest absolute Gasteiger partial charge is 0.254 e. The number of carbonyl (C=O) groups excluding carboxylic acids is 1. The van der Waals surface area contributed by atoms with Crippen LogP contribution in [0, 0.1) is 0 Å². The molecule has 0 radical (unpaired) electrons. The normalized spacial score (nSPS) is 11.3. The minimum Gasteiger partial charge on any atom is -0.409 e. The molecule has 110 valence electrons. The van der Waals surface area contributed by atoms with E-state index >= 15 is 0 Å². The summed E-state index contributed by atoms with van der Waals surface area (Å²) < 4.78 is 1.64. The van der Waals surface area contributed by atoms with Gasteiger partial charge in [0.05, 0.1) is 17.4 Å². The number of para-hydroxylation sites is 1. The molecule has 1 amide bonds. The molecule has 0 saturated heterocycles. The monoisotopic (exact) mass is 287 g/mol. The number of carbonyl (C=O) groups is 1. The maximum absolute atomic E-state index is 11.9. The Bertz CT molecular complexity index is 621. The highest BCUT2D eigenvalue weighted by molar-refractivity contribution is 5.93. The second kappa shape index (κ2) is 7.09. The minimum atomic E-state index is -0.198. The summed E-state index contributed by atoms with van der Waals surface area (Å²) in [5.41, 5.74) is 6.72. The van der Waals surface area contributed by atoms with E-state index in [1.54, 1.807) is 10.9 Å². The Morgan fingerprint density at radius 1 is 1.38 bits per heavy atom. The number of amides is 1. The van der Waals surface area contributed by atoms with Gasteiger partial charge in [0.2, 0.25) is 0 Å². The van der Waals surface area contributed by atoms with Crippen molar-refractivity contribution in [2.24, 2.45) is 10.9 Å². The van der Waals surface area contributed by atoms with Gasteiger partial charge >= 0.3 is 0 Å².